The molecule has 0 radical (unpaired) electrons. The normalized spacial score (nSPS) is 16.5. The lowest BCUT2D eigenvalue weighted by Gasteiger charge is -2.22. The van der Waals surface area contributed by atoms with Gasteiger partial charge in [0.2, 0.25) is 0 Å². The highest BCUT2D eigenvalue weighted by Crippen LogP contribution is 2.17. The maximum Gasteiger partial charge on any atom is 0.251 e. The Morgan fingerprint density at radius 2 is 2.17 bits per heavy atom. The van der Waals surface area contributed by atoms with Crippen molar-refractivity contribution in [1.82, 2.24) is 10.6 Å². The Hall–Kier alpha value is -1.55. The van der Waals surface area contributed by atoms with E-state index in [1.807, 2.05) is 6.92 Å². The maximum absolute atomic E-state index is 11.9. The molecule has 1 aromatic rings. The summed E-state index contributed by atoms with van der Waals surface area (Å²) < 4.78 is 0. The Morgan fingerprint density at radius 1 is 1.44 bits per heavy atom. The molecule has 0 aromatic heterocycles. The van der Waals surface area contributed by atoms with E-state index in [0.29, 0.717) is 11.5 Å². The van der Waals surface area contributed by atoms with E-state index in [1.165, 1.54) is 6.07 Å². The van der Waals surface area contributed by atoms with Crippen LogP contribution >= 0.6 is 0 Å². The van der Waals surface area contributed by atoms with Crippen LogP contribution in [0, 0.1) is 12.8 Å². The second-order valence-electron chi connectivity index (χ2n) is 4.90. The molecule has 0 saturated carbocycles. The third kappa shape index (κ3) is 3.23. The summed E-state index contributed by atoms with van der Waals surface area (Å²) in [7, 11) is 0. The van der Waals surface area contributed by atoms with Crippen molar-refractivity contribution in [2.75, 3.05) is 19.6 Å². The summed E-state index contributed by atoms with van der Waals surface area (Å²) in [5, 5.41) is 15.8. The fourth-order valence-electron chi connectivity index (χ4n) is 2.18. The van der Waals surface area contributed by atoms with Gasteiger partial charge >= 0.3 is 0 Å². The van der Waals surface area contributed by atoms with Gasteiger partial charge in [-0.15, -0.1) is 0 Å². The molecular formula is C14H20N2O2. The van der Waals surface area contributed by atoms with Crippen LogP contribution in [0.2, 0.25) is 0 Å². The number of phenols is 1. The van der Waals surface area contributed by atoms with Crippen LogP contribution in [0.25, 0.3) is 0 Å². The van der Waals surface area contributed by atoms with Crippen LogP contribution in [-0.4, -0.2) is 30.6 Å². The van der Waals surface area contributed by atoms with Crippen molar-refractivity contribution in [2.45, 2.75) is 19.8 Å². The number of phenolic OH excluding ortho intramolecular Hbond substituents is 1. The first-order chi connectivity index (χ1) is 8.66. The summed E-state index contributed by atoms with van der Waals surface area (Å²) in [6.07, 6.45) is 2.22. The van der Waals surface area contributed by atoms with Crippen molar-refractivity contribution in [2.24, 2.45) is 5.92 Å². The number of carbonyl (C=O) groups is 1. The van der Waals surface area contributed by atoms with Crippen molar-refractivity contribution in [1.29, 1.82) is 0 Å². The van der Waals surface area contributed by atoms with E-state index in [-0.39, 0.29) is 11.7 Å². The fourth-order valence-corrected chi connectivity index (χ4v) is 2.18. The van der Waals surface area contributed by atoms with Gasteiger partial charge in [-0.2, -0.15) is 0 Å². The molecule has 98 valence electrons. The Bertz CT molecular complexity index is 426. The number of rotatable bonds is 3. The summed E-state index contributed by atoms with van der Waals surface area (Å²) >= 11 is 0. The highest BCUT2D eigenvalue weighted by molar-refractivity contribution is 5.94. The zero-order chi connectivity index (χ0) is 13.0. The monoisotopic (exact) mass is 248 g/mol. The predicted octanol–water partition coefficient (Wildman–Crippen LogP) is 1.43. The molecule has 0 unspecified atom stereocenters. The molecule has 1 aliphatic heterocycles. The van der Waals surface area contributed by atoms with Crippen molar-refractivity contribution in [3.63, 3.8) is 0 Å². The van der Waals surface area contributed by atoms with Crippen LogP contribution < -0.4 is 10.6 Å². The quantitative estimate of drug-likeness (QED) is 0.758. The number of nitrogens with one attached hydrogen (secondary N) is 2. The lowest BCUT2D eigenvalue weighted by Crippen LogP contribution is -2.35. The average Bonchev–Trinajstić information content (AvgIpc) is 2.40. The lowest BCUT2D eigenvalue weighted by atomic mass is 9.98. The van der Waals surface area contributed by atoms with E-state index in [1.54, 1.807) is 12.1 Å². The smallest absolute Gasteiger partial charge is 0.251 e. The minimum Gasteiger partial charge on any atom is -0.508 e. The highest BCUT2D eigenvalue weighted by atomic mass is 16.3. The van der Waals surface area contributed by atoms with Crippen molar-refractivity contribution >= 4 is 5.91 Å². The number of carbonyl (C=O) groups excluding carboxylic acids is 1. The van der Waals surface area contributed by atoms with Gasteiger partial charge in [0.05, 0.1) is 0 Å². The van der Waals surface area contributed by atoms with Crippen LogP contribution in [0.4, 0.5) is 0 Å². The summed E-state index contributed by atoms with van der Waals surface area (Å²) in [5.41, 5.74) is 1.30. The molecular weight excluding hydrogens is 228 g/mol. The number of piperidine rings is 1. The van der Waals surface area contributed by atoms with E-state index >= 15 is 0 Å². The summed E-state index contributed by atoms with van der Waals surface area (Å²) in [6.45, 7) is 4.60. The van der Waals surface area contributed by atoms with Gasteiger partial charge in [-0.3, -0.25) is 4.79 Å². The second-order valence-corrected chi connectivity index (χ2v) is 4.90. The lowest BCUT2D eigenvalue weighted by molar-refractivity contribution is 0.0944. The summed E-state index contributed by atoms with van der Waals surface area (Å²) in [4.78, 5) is 11.9. The van der Waals surface area contributed by atoms with Gasteiger partial charge in [0.15, 0.2) is 0 Å². The fraction of sp³-hybridized carbons (Fsp3) is 0.500. The van der Waals surface area contributed by atoms with Crippen LogP contribution in [-0.2, 0) is 0 Å². The highest BCUT2D eigenvalue weighted by Gasteiger charge is 2.14. The van der Waals surface area contributed by atoms with Gasteiger partial charge in [-0.1, -0.05) is 6.07 Å². The zero-order valence-corrected chi connectivity index (χ0v) is 10.7. The first-order valence-electron chi connectivity index (χ1n) is 6.45. The molecule has 1 heterocycles. The predicted molar refractivity (Wildman–Crippen MR) is 70.8 cm³/mol. The molecule has 18 heavy (non-hydrogen) atoms. The molecule has 1 saturated heterocycles. The molecule has 4 nitrogen and oxygen atoms in total. The molecule has 2 rings (SSSR count). The first kappa shape index (κ1) is 12.9. The maximum atomic E-state index is 11.9. The van der Waals surface area contributed by atoms with Crippen LogP contribution in [0.15, 0.2) is 18.2 Å². The second kappa shape index (κ2) is 5.87. The first-order valence-corrected chi connectivity index (χ1v) is 6.45. The Kier molecular flexibility index (Phi) is 4.20. The summed E-state index contributed by atoms with van der Waals surface area (Å²) in [5.74, 6) is 0.627. The minimum absolute atomic E-state index is 0.108. The molecule has 0 bridgehead atoms. The average molecular weight is 248 g/mol. The standard InChI is InChI=1S/C14H20N2O2/c1-10-2-3-12(8-13(10)17)14(18)16-9-11-4-6-15-7-5-11/h2-3,8,11,15,17H,4-7,9H2,1H3,(H,16,18). The van der Waals surface area contributed by atoms with Crippen molar-refractivity contribution < 1.29 is 9.90 Å². The molecule has 4 heteroatoms. The third-order valence-corrected chi connectivity index (χ3v) is 3.48. The van der Waals surface area contributed by atoms with E-state index < -0.39 is 0 Å². The van der Waals surface area contributed by atoms with Gasteiger partial charge in [-0.25, -0.2) is 0 Å². The molecule has 0 aliphatic carbocycles. The summed E-state index contributed by atoms with van der Waals surface area (Å²) in [6, 6.07) is 5.02. The van der Waals surface area contributed by atoms with Crippen LogP contribution in [0.3, 0.4) is 0 Å². The van der Waals surface area contributed by atoms with Gasteiger partial charge < -0.3 is 15.7 Å². The number of amides is 1. The number of hydrogen-bond donors (Lipinski definition) is 3. The molecule has 0 atom stereocenters. The van der Waals surface area contributed by atoms with Crippen LogP contribution in [0.5, 0.6) is 5.75 Å². The molecule has 1 aliphatic rings. The molecule has 0 spiro atoms. The molecule has 1 fully saturated rings. The Labute approximate surface area is 107 Å². The molecule has 1 aromatic carbocycles. The van der Waals surface area contributed by atoms with Gasteiger partial charge in [0.25, 0.3) is 5.91 Å². The van der Waals surface area contributed by atoms with E-state index in [2.05, 4.69) is 10.6 Å². The minimum atomic E-state index is -0.108. The van der Waals surface area contributed by atoms with Crippen LogP contribution in [0.1, 0.15) is 28.8 Å². The number of benzene rings is 1. The topological polar surface area (TPSA) is 61.4 Å². The van der Waals surface area contributed by atoms with Gasteiger partial charge in [0.1, 0.15) is 5.75 Å². The number of hydrogen-bond acceptors (Lipinski definition) is 3. The van der Waals surface area contributed by atoms with Crippen molar-refractivity contribution in [3.8, 4) is 5.75 Å². The van der Waals surface area contributed by atoms with Crippen molar-refractivity contribution in [3.05, 3.63) is 29.3 Å². The van der Waals surface area contributed by atoms with Gasteiger partial charge in [0, 0.05) is 12.1 Å². The number of aromatic hydroxyl groups is 1. The third-order valence-electron chi connectivity index (χ3n) is 3.48. The largest absolute Gasteiger partial charge is 0.508 e. The Morgan fingerprint density at radius 3 is 2.83 bits per heavy atom. The van der Waals surface area contributed by atoms with E-state index in [4.69, 9.17) is 0 Å². The SMILES string of the molecule is Cc1ccc(C(=O)NCC2CCNCC2)cc1O. The van der Waals surface area contributed by atoms with E-state index in [9.17, 15) is 9.90 Å². The van der Waals surface area contributed by atoms with Gasteiger partial charge in [-0.05, 0) is 56.5 Å². The Balaban J connectivity index is 1.88. The number of aryl methyl sites for hydroxylation is 1. The zero-order valence-electron chi connectivity index (χ0n) is 10.7. The van der Waals surface area contributed by atoms with E-state index in [0.717, 1.165) is 38.0 Å². The molecule has 3 N–H and O–H groups in total. The molecule has 1 amide bonds.